The molecule has 7 nitrogen and oxygen atoms in total. The molecule has 0 fully saturated rings. The Morgan fingerprint density at radius 1 is 1.45 bits per heavy atom. The number of aliphatic carboxylic acids is 1. The van der Waals surface area contributed by atoms with Crippen molar-refractivity contribution in [1.29, 1.82) is 0 Å². The molecule has 1 aromatic rings. The van der Waals surface area contributed by atoms with Gasteiger partial charge in [0.15, 0.2) is 11.4 Å². The zero-order valence-electron chi connectivity index (χ0n) is 11.4. The molecule has 0 aromatic carbocycles. The summed E-state index contributed by atoms with van der Waals surface area (Å²) in [7, 11) is 0. The third-order valence-electron chi connectivity index (χ3n) is 3.22. The lowest BCUT2D eigenvalue weighted by atomic mass is 9.93. The summed E-state index contributed by atoms with van der Waals surface area (Å²) in [4.78, 5) is 11.5. The maximum absolute atomic E-state index is 11.9. The highest BCUT2D eigenvalue weighted by Gasteiger charge is 2.40. The van der Waals surface area contributed by atoms with Gasteiger partial charge in [-0.1, -0.05) is 13.8 Å². The number of carboxylic acid groups (broad SMARTS) is 1. The maximum Gasteiger partial charge on any atom is 0.331 e. The summed E-state index contributed by atoms with van der Waals surface area (Å²) < 4.78 is 29.9. The molecule has 114 valence electrons. The molecule has 1 rings (SSSR count). The van der Waals surface area contributed by atoms with Gasteiger partial charge in [0.1, 0.15) is 6.61 Å². The number of tetrazole rings is 1. The molecule has 0 amide bonds. The van der Waals surface area contributed by atoms with Crippen LogP contribution in [0.25, 0.3) is 0 Å². The van der Waals surface area contributed by atoms with Gasteiger partial charge in [0, 0.05) is 6.42 Å². The average Bonchev–Trinajstić information content (AvgIpc) is 2.85. The van der Waals surface area contributed by atoms with E-state index in [-0.39, 0.29) is 13.0 Å². The fraction of sp³-hybridized carbons (Fsp3) is 0.818. The molecule has 0 saturated carbocycles. The van der Waals surface area contributed by atoms with E-state index >= 15 is 0 Å². The Bertz CT molecular complexity index is 435. The highest BCUT2D eigenvalue weighted by atomic mass is 19.3. The van der Waals surface area contributed by atoms with E-state index in [0.29, 0.717) is 18.7 Å². The van der Waals surface area contributed by atoms with Crippen molar-refractivity contribution in [2.75, 3.05) is 13.2 Å². The molecule has 0 unspecified atom stereocenters. The Morgan fingerprint density at radius 3 is 2.60 bits per heavy atom. The Morgan fingerprint density at radius 2 is 2.10 bits per heavy atom. The number of nitrogens with zero attached hydrogens (tertiary/aromatic N) is 4. The summed E-state index contributed by atoms with van der Waals surface area (Å²) in [5.41, 5.74) is -1.22. The van der Waals surface area contributed by atoms with E-state index < -0.39 is 24.5 Å². The van der Waals surface area contributed by atoms with Crippen molar-refractivity contribution in [3.63, 3.8) is 0 Å². The lowest BCUT2D eigenvalue weighted by Crippen LogP contribution is -2.43. The summed E-state index contributed by atoms with van der Waals surface area (Å²) >= 11 is 0. The Kier molecular flexibility index (Phi) is 5.93. The molecule has 0 aliphatic carbocycles. The van der Waals surface area contributed by atoms with Gasteiger partial charge in [0.05, 0.1) is 6.61 Å². The molecule has 1 N–H and O–H groups in total. The molecule has 0 bridgehead atoms. The number of halogens is 2. The van der Waals surface area contributed by atoms with Gasteiger partial charge in [-0.15, -0.1) is 5.10 Å². The van der Waals surface area contributed by atoms with Gasteiger partial charge in [-0.25, -0.2) is 18.3 Å². The quantitative estimate of drug-likeness (QED) is 0.685. The molecule has 0 aliphatic rings. The first-order valence-electron chi connectivity index (χ1n) is 6.35. The zero-order valence-corrected chi connectivity index (χ0v) is 11.4. The first-order valence-corrected chi connectivity index (χ1v) is 6.35. The number of rotatable bonds is 9. The van der Waals surface area contributed by atoms with Crippen molar-refractivity contribution in [2.24, 2.45) is 0 Å². The van der Waals surface area contributed by atoms with E-state index in [4.69, 9.17) is 4.74 Å². The van der Waals surface area contributed by atoms with Crippen LogP contribution in [0.4, 0.5) is 8.78 Å². The Labute approximate surface area is 114 Å². The van der Waals surface area contributed by atoms with E-state index in [1.165, 1.54) is 4.68 Å². The van der Waals surface area contributed by atoms with Gasteiger partial charge < -0.3 is 9.84 Å². The fourth-order valence-corrected chi connectivity index (χ4v) is 1.97. The lowest BCUT2D eigenvalue weighted by Gasteiger charge is -2.27. The lowest BCUT2D eigenvalue weighted by molar-refractivity contribution is -0.149. The monoisotopic (exact) mass is 292 g/mol. The van der Waals surface area contributed by atoms with Crippen LogP contribution in [0.5, 0.6) is 0 Å². The van der Waals surface area contributed by atoms with E-state index in [9.17, 15) is 18.7 Å². The summed E-state index contributed by atoms with van der Waals surface area (Å²) in [6, 6.07) is 0. The third kappa shape index (κ3) is 3.47. The minimum absolute atomic E-state index is 0.00778. The second kappa shape index (κ2) is 7.22. The van der Waals surface area contributed by atoms with Crippen molar-refractivity contribution >= 4 is 5.97 Å². The number of ether oxygens (including phenoxy) is 1. The van der Waals surface area contributed by atoms with Gasteiger partial charge in [-0.2, -0.15) is 0 Å². The molecule has 20 heavy (non-hydrogen) atoms. The molecule has 9 heteroatoms. The topological polar surface area (TPSA) is 90.1 Å². The predicted octanol–water partition coefficient (Wildman–Crippen LogP) is 1.10. The van der Waals surface area contributed by atoms with Crippen LogP contribution in [0.15, 0.2) is 0 Å². The summed E-state index contributed by atoms with van der Waals surface area (Å²) in [6.07, 6.45) is -1.73. The number of alkyl halides is 2. The SMILES string of the molecule is CCC(CC)(C(=O)O)n1nnnc1CCOCC(F)F. The van der Waals surface area contributed by atoms with Crippen molar-refractivity contribution in [3.8, 4) is 0 Å². The molecule has 1 heterocycles. The van der Waals surface area contributed by atoms with Gasteiger partial charge in [0.2, 0.25) is 0 Å². The first kappa shape index (κ1) is 16.4. The molecular weight excluding hydrogens is 274 g/mol. The summed E-state index contributed by atoms with van der Waals surface area (Å²) in [6.45, 7) is 2.81. The summed E-state index contributed by atoms with van der Waals surface area (Å²) in [5, 5.41) is 20.4. The van der Waals surface area contributed by atoms with E-state index in [1.54, 1.807) is 13.8 Å². The van der Waals surface area contributed by atoms with Crippen LogP contribution in [0.3, 0.4) is 0 Å². The zero-order chi connectivity index (χ0) is 15.2. The van der Waals surface area contributed by atoms with Crippen molar-refractivity contribution in [2.45, 2.75) is 45.1 Å². The van der Waals surface area contributed by atoms with Crippen LogP contribution >= 0.6 is 0 Å². The second-order valence-electron chi connectivity index (χ2n) is 4.27. The van der Waals surface area contributed by atoms with E-state index in [1.807, 2.05) is 0 Å². The van der Waals surface area contributed by atoms with E-state index in [2.05, 4.69) is 15.5 Å². The van der Waals surface area contributed by atoms with Crippen LogP contribution in [0.2, 0.25) is 0 Å². The van der Waals surface area contributed by atoms with Crippen LogP contribution < -0.4 is 0 Å². The first-order chi connectivity index (χ1) is 9.47. The number of hydrogen-bond acceptors (Lipinski definition) is 5. The highest BCUT2D eigenvalue weighted by Crippen LogP contribution is 2.25. The molecule has 0 saturated heterocycles. The number of carboxylic acids is 1. The third-order valence-corrected chi connectivity index (χ3v) is 3.22. The number of hydrogen-bond donors (Lipinski definition) is 1. The normalized spacial score (nSPS) is 12.1. The standard InChI is InChI=1S/C11H18F2N4O3/c1-3-11(4-2,10(18)19)17-9(14-15-16-17)5-6-20-7-8(12)13/h8H,3-7H2,1-2H3,(H,18,19). The van der Waals surface area contributed by atoms with Crippen LogP contribution in [-0.2, 0) is 21.5 Å². The molecular formula is C11H18F2N4O3. The smallest absolute Gasteiger partial charge is 0.331 e. The maximum atomic E-state index is 11.9. The minimum atomic E-state index is -2.53. The van der Waals surface area contributed by atoms with Crippen LogP contribution in [-0.4, -0.2) is 50.9 Å². The van der Waals surface area contributed by atoms with Gasteiger partial charge in [-0.3, -0.25) is 0 Å². The average molecular weight is 292 g/mol. The molecule has 1 aromatic heterocycles. The molecule has 0 atom stereocenters. The van der Waals surface area contributed by atoms with E-state index in [0.717, 1.165) is 0 Å². The van der Waals surface area contributed by atoms with Crippen molar-refractivity contribution < 1.29 is 23.4 Å². The largest absolute Gasteiger partial charge is 0.479 e. The molecule has 0 aliphatic heterocycles. The molecule has 0 radical (unpaired) electrons. The van der Waals surface area contributed by atoms with Gasteiger partial charge in [0.25, 0.3) is 6.43 Å². The summed E-state index contributed by atoms with van der Waals surface area (Å²) in [5.74, 6) is -0.713. The van der Waals surface area contributed by atoms with Gasteiger partial charge >= 0.3 is 5.97 Å². The van der Waals surface area contributed by atoms with Crippen LogP contribution in [0, 0.1) is 0 Å². The van der Waals surface area contributed by atoms with Crippen LogP contribution in [0.1, 0.15) is 32.5 Å². The Hall–Kier alpha value is -1.64. The number of aromatic nitrogens is 4. The molecule has 0 spiro atoms. The predicted molar refractivity (Wildman–Crippen MR) is 64.5 cm³/mol. The fourth-order valence-electron chi connectivity index (χ4n) is 1.97. The van der Waals surface area contributed by atoms with Crippen molar-refractivity contribution in [3.05, 3.63) is 5.82 Å². The minimum Gasteiger partial charge on any atom is -0.479 e. The number of carbonyl (C=O) groups is 1. The highest BCUT2D eigenvalue weighted by molar-refractivity contribution is 5.76. The van der Waals surface area contributed by atoms with Gasteiger partial charge in [-0.05, 0) is 23.3 Å². The second-order valence-corrected chi connectivity index (χ2v) is 4.27. The Balaban J connectivity index is 2.81. The van der Waals surface area contributed by atoms with Crippen molar-refractivity contribution in [1.82, 2.24) is 20.2 Å².